The van der Waals surface area contributed by atoms with E-state index >= 15 is 0 Å². The van der Waals surface area contributed by atoms with Crippen LogP contribution in [-0.4, -0.2) is 52.4 Å². The Morgan fingerprint density at radius 2 is 1.26 bits per heavy atom. The number of hydrogen-bond acceptors (Lipinski definition) is 2. The summed E-state index contributed by atoms with van der Waals surface area (Å²) < 4.78 is 12.0. The zero-order chi connectivity index (χ0) is 20.8. The summed E-state index contributed by atoms with van der Waals surface area (Å²) in [6.07, 6.45) is 18.7. The van der Waals surface area contributed by atoms with Gasteiger partial charge in [0.15, 0.2) is 0 Å². The van der Waals surface area contributed by atoms with E-state index < -0.39 is 12.9 Å². The van der Waals surface area contributed by atoms with Crippen LogP contribution in [0.5, 0.6) is 0 Å². The van der Waals surface area contributed by atoms with Crippen LogP contribution in [0.3, 0.4) is 0 Å². The standard InChI is InChI=1S/C21H44NO4P/c1-5-6-7-8-9-10-11-12-13-14-15-16-17-18-19-21(23,27(24,25)26)20-22(2,3)4/h14-15,23H,5-13,16-20H2,1-4H3,(H-,24,25,26)/p+1/b15-14-. The molecule has 0 aromatic carbocycles. The maximum Gasteiger partial charge on any atom is 0.362 e. The number of likely N-dealkylation sites (N-methyl/N-ethyl adjacent to an activating group) is 1. The maximum atomic E-state index is 11.7. The van der Waals surface area contributed by atoms with Crippen LogP contribution in [0.25, 0.3) is 0 Å². The molecule has 6 heteroatoms. The first-order chi connectivity index (χ1) is 12.5. The Balaban J connectivity index is 3.84. The van der Waals surface area contributed by atoms with Gasteiger partial charge in [-0.05, 0) is 38.5 Å². The first kappa shape index (κ1) is 26.8. The van der Waals surface area contributed by atoms with Crippen LogP contribution in [0.2, 0.25) is 0 Å². The van der Waals surface area contributed by atoms with Crippen molar-refractivity contribution in [2.75, 3.05) is 27.7 Å². The molecule has 5 nitrogen and oxygen atoms in total. The van der Waals surface area contributed by atoms with E-state index in [1.807, 2.05) is 21.1 Å². The SMILES string of the molecule is CCCCCCCCCC/C=C\CCCCC(O)(C[N+](C)(C)C)P(=O)(O)O. The van der Waals surface area contributed by atoms with E-state index in [2.05, 4.69) is 19.1 Å². The second kappa shape index (κ2) is 13.9. The maximum absolute atomic E-state index is 11.7. The topological polar surface area (TPSA) is 77.8 Å². The molecule has 0 aliphatic carbocycles. The van der Waals surface area contributed by atoms with E-state index in [0.29, 0.717) is 10.9 Å². The monoisotopic (exact) mass is 406 g/mol. The summed E-state index contributed by atoms with van der Waals surface area (Å²) in [5, 5.41) is 8.55. The lowest BCUT2D eigenvalue weighted by atomic mass is 10.1. The predicted molar refractivity (Wildman–Crippen MR) is 115 cm³/mol. The average Bonchev–Trinajstić information content (AvgIpc) is 2.52. The highest BCUT2D eigenvalue weighted by Crippen LogP contribution is 2.52. The molecule has 0 saturated heterocycles. The third kappa shape index (κ3) is 14.5. The normalized spacial score (nSPS) is 15.4. The van der Waals surface area contributed by atoms with Gasteiger partial charge in [-0.3, -0.25) is 4.57 Å². The van der Waals surface area contributed by atoms with E-state index in [4.69, 9.17) is 0 Å². The highest BCUT2D eigenvalue weighted by atomic mass is 31.2. The van der Waals surface area contributed by atoms with Crippen molar-refractivity contribution in [3.63, 3.8) is 0 Å². The third-order valence-electron chi connectivity index (χ3n) is 4.86. The molecule has 0 aromatic rings. The molecule has 0 spiro atoms. The molecule has 0 fully saturated rings. The molecule has 0 rings (SSSR count). The largest absolute Gasteiger partial charge is 0.373 e. The Morgan fingerprint density at radius 1 is 0.815 bits per heavy atom. The molecular weight excluding hydrogens is 361 g/mol. The molecule has 0 aromatic heterocycles. The van der Waals surface area contributed by atoms with Gasteiger partial charge in [0.05, 0.1) is 21.1 Å². The van der Waals surface area contributed by atoms with Crippen molar-refractivity contribution in [3.8, 4) is 0 Å². The van der Waals surface area contributed by atoms with Crippen LogP contribution in [0.4, 0.5) is 0 Å². The number of hydrogen-bond donors (Lipinski definition) is 3. The Hall–Kier alpha value is -0.190. The van der Waals surface area contributed by atoms with Crippen molar-refractivity contribution in [2.45, 2.75) is 95.7 Å². The summed E-state index contributed by atoms with van der Waals surface area (Å²) in [4.78, 5) is 19.1. The Labute approximate surface area is 167 Å². The Bertz CT molecular complexity index is 442. The van der Waals surface area contributed by atoms with Crippen LogP contribution in [0.1, 0.15) is 90.4 Å². The van der Waals surface area contributed by atoms with Gasteiger partial charge in [-0.1, -0.05) is 64.0 Å². The van der Waals surface area contributed by atoms with Crippen molar-refractivity contribution >= 4 is 7.60 Å². The first-order valence-corrected chi connectivity index (χ1v) is 12.4. The fourth-order valence-electron chi connectivity index (χ4n) is 3.38. The Kier molecular flexibility index (Phi) is 13.8. The highest BCUT2D eigenvalue weighted by molar-refractivity contribution is 7.53. The van der Waals surface area contributed by atoms with Gasteiger partial charge in [0, 0.05) is 0 Å². The van der Waals surface area contributed by atoms with E-state index in [1.165, 1.54) is 51.4 Å². The van der Waals surface area contributed by atoms with Crippen molar-refractivity contribution < 1.29 is 23.9 Å². The van der Waals surface area contributed by atoms with Gasteiger partial charge in [-0.25, -0.2) is 0 Å². The first-order valence-electron chi connectivity index (χ1n) is 10.8. The zero-order valence-corrected chi connectivity index (χ0v) is 19.1. The molecule has 3 N–H and O–H groups in total. The van der Waals surface area contributed by atoms with Gasteiger partial charge in [0.1, 0.15) is 6.54 Å². The highest BCUT2D eigenvalue weighted by Gasteiger charge is 2.48. The molecular formula is C21H45NO4P+. The number of rotatable bonds is 17. The zero-order valence-electron chi connectivity index (χ0n) is 18.2. The lowest BCUT2D eigenvalue weighted by Gasteiger charge is -2.35. The van der Waals surface area contributed by atoms with Crippen molar-refractivity contribution in [1.29, 1.82) is 0 Å². The minimum absolute atomic E-state index is 0.0472. The van der Waals surface area contributed by atoms with Gasteiger partial charge in [0.2, 0.25) is 5.34 Å². The summed E-state index contributed by atoms with van der Waals surface area (Å²) in [5.74, 6) is 0. The van der Waals surface area contributed by atoms with Gasteiger partial charge in [0.25, 0.3) is 0 Å². The third-order valence-corrected chi connectivity index (χ3v) is 6.31. The summed E-state index contributed by atoms with van der Waals surface area (Å²) in [5.41, 5.74) is 0. The fourth-order valence-corrected chi connectivity index (χ4v) is 4.44. The molecule has 27 heavy (non-hydrogen) atoms. The Morgan fingerprint density at radius 3 is 1.70 bits per heavy atom. The number of nitrogens with zero attached hydrogens (tertiary/aromatic N) is 1. The quantitative estimate of drug-likeness (QED) is 0.134. The summed E-state index contributed by atoms with van der Waals surface area (Å²) in [6, 6.07) is 0. The van der Waals surface area contributed by atoms with Crippen LogP contribution >= 0.6 is 7.60 Å². The number of allylic oxidation sites excluding steroid dienone is 2. The number of unbranched alkanes of at least 4 members (excludes halogenated alkanes) is 10. The predicted octanol–water partition coefficient (Wildman–Crippen LogP) is 5.21. The minimum atomic E-state index is -4.55. The molecule has 162 valence electrons. The molecule has 0 aliphatic rings. The van der Waals surface area contributed by atoms with Crippen molar-refractivity contribution in [1.82, 2.24) is 0 Å². The summed E-state index contributed by atoms with van der Waals surface area (Å²) in [6.45, 7) is 2.29. The lowest BCUT2D eigenvalue weighted by Crippen LogP contribution is -2.49. The van der Waals surface area contributed by atoms with E-state index in [1.54, 1.807) is 0 Å². The molecule has 1 unspecified atom stereocenters. The number of quaternary nitrogens is 1. The minimum Gasteiger partial charge on any atom is -0.373 e. The number of aliphatic hydroxyl groups is 1. The van der Waals surface area contributed by atoms with Crippen LogP contribution in [0, 0.1) is 0 Å². The molecule has 0 radical (unpaired) electrons. The molecule has 0 heterocycles. The van der Waals surface area contributed by atoms with Gasteiger partial charge >= 0.3 is 7.60 Å². The summed E-state index contributed by atoms with van der Waals surface area (Å²) in [7, 11) is 0.935. The van der Waals surface area contributed by atoms with Gasteiger partial charge in [-0.15, -0.1) is 0 Å². The molecule has 1 atom stereocenters. The van der Waals surface area contributed by atoms with Crippen LogP contribution < -0.4 is 0 Å². The van der Waals surface area contributed by atoms with E-state index in [-0.39, 0.29) is 13.0 Å². The van der Waals surface area contributed by atoms with Crippen LogP contribution in [0.15, 0.2) is 12.2 Å². The molecule has 0 aliphatic heterocycles. The van der Waals surface area contributed by atoms with E-state index in [0.717, 1.165) is 19.3 Å². The van der Waals surface area contributed by atoms with E-state index in [9.17, 15) is 19.5 Å². The van der Waals surface area contributed by atoms with Gasteiger partial charge in [-0.2, -0.15) is 0 Å². The van der Waals surface area contributed by atoms with Crippen molar-refractivity contribution in [3.05, 3.63) is 12.2 Å². The fraction of sp³-hybridized carbons (Fsp3) is 0.905. The van der Waals surface area contributed by atoms with Gasteiger partial charge < -0.3 is 19.4 Å². The molecule has 0 saturated carbocycles. The second-order valence-corrected chi connectivity index (χ2v) is 10.9. The smallest absolute Gasteiger partial charge is 0.362 e. The second-order valence-electron chi connectivity index (χ2n) is 8.96. The van der Waals surface area contributed by atoms with Crippen LogP contribution in [-0.2, 0) is 4.57 Å². The van der Waals surface area contributed by atoms with Crippen molar-refractivity contribution in [2.24, 2.45) is 0 Å². The molecule has 0 amide bonds. The average molecular weight is 407 g/mol. The lowest BCUT2D eigenvalue weighted by molar-refractivity contribution is -0.875. The molecule has 0 bridgehead atoms. The summed E-state index contributed by atoms with van der Waals surface area (Å²) >= 11 is 0.